The van der Waals surface area contributed by atoms with E-state index in [9.17, 15) is 0 Å². The Bertz CT molecular complexity index is 317. The van der Waals surface area contributed by atoms with E-state index in [1.54, 1.807) is 11.1 Å². The van der Waals surface area contributed by atoms with Gasteiger partial charge in [0.2, 0.25) is 0 Å². The van der Waals surface area contributed by atoms with Crippen molar-refractivity contribution in [2.24, 2.45) is 5.92 Å². The van der Waals surface area contributed by atoms with Crippen molar-refractivity contribution in [3.05, 3.63) is 35.4 Å². The average Bonchev–Trinajstić information content (AvgIpc) is 2.18. The van der Waals surface area contributed by atoms with Crippen LogP contribution in [-0.4, -0.2) is 13.1 Å². The Hall–Kier alpha value is -0.820. The standard InChI is InChI=1S/C14H21N/c1-11(2)7-8-15-10-13-9-12-5-3-4-6-14(12)13/h3-6,11,13,15H,7-10H2,1-2H3. The smallest absolute Gasteiger partial charge is 0.00234 e. The molecule has 0 aliphatic heterocycles. The topological polar surface area (TPSA) is 12.0 Å². The van der Waals surface area contributed by atoms with Crippen molar-refractivity contribution in [1.82, 2.24) is 5.32 Å². The molecule has 0 spiro atoms. The fraction of sp³-hybridized carbons (Fsp3) is 0.571. The fourth-order valence-corrected chi connectivity index (χ4v) is 2.21. The molecule has 1 aromatic rings. The maximum Gasteiger partial charge on any atom is 0.00234 e. The van der Waals surface area contributed by atoms with Crippen LogP contribution in [0.5, 0.6) is 0 Å². The molecule has 0 saturated carbocycles. The van der Waals surface area contributed by atoms with Gasteiger partial charge in [-0.1, -0.05) is 38.1 Å². The zero-order chi connectivity index (χ0) is 10.7. The lowest BCUT2D eigenvalue weighted by molar-refractivity contribution is 0.492. The Morgan fingerprint density at radius 1 is 1.33 bits per heavy atom. The highest BCUT2D eigenvalue weighted by atomic mass is 14.9. The molecule has 1 unspecified atom stereocenters. The Kier molecular flexibility index (Phi) is 3.42. The van der Waals surface area contributed by atoms with Crippen molar-refractivity contribution in [2.75, 3.05) is 13.1 Å². The van der Waals surface area contributed by atoms with E-state index in [-0.39, 0.29) is 0 Å². The summed E-state index contributed by atoms with van der Waals surface area (Å²) >= 11 is 0. The van der Waals surface area contributed by atoms with Crippen LogP contribution < -0.4 is 5.32 Å². The normalized spacial score (nSPS) is 18.7. The summed E-state index contributed by atoms with van der Waals surface area (Å²) in [7, 11) is 0. The number of benzene rings is 1. The number of fused-ring (bicyclic) bond motifs is 1. The van der Waals surface area contributed by atoms with Crippen LogP contribution in [-0.2, 0) is 6.42 Å². The van der Waals surface area contributed by atoms with E-state index in [1.807, 2.05) is 0 Å². The summed E-state index contributed by atoms with van der Waals surface area (Å²) in [5.74, 6) is 1.58. The van der Waals surface area contributed by atoms with Crippen molar-refractivity contribution < 1.29 is 0 Å². The van der Waals surface area contributed by atoms with Gasteiger partial charge in [-0.2, -0.15) is 0 Å². The molecule has 2 rings (SSSR count). The van der Waals surface area contributed by atoms with Crippen molar-refractivity contribution >= 4 is 0 Å². The second kappa shape index (κ2) is 4.80. The molecule has 0 amide bonds. The second-order valence-corrected chi connectivity index (χ2v) is 4.99. The first-order chi connectivity index (χ1) is 7.27. The molecule has 0 aromatic heterocycles. The number of rotatable bonds is 5. The lowest BCUT2D eigenvalue weighted by Gasteiger charge is -2.30. The molecule has 0 heterocycles. The number of hydrogen-bond donors (Lipinski definition) is 1. The van der Waals surface area contributed by atoms with Crippen LogP contribution >= 0.6 is 0 Å². The van der Waals surface area contributed by atoms with Gasteiger partial charge in [0, 0.05) is 12.5 Å². The van der Waals surface area contributed by atoms with E-state index in [1.165, 1.54) is 12.8 Å². The van der Waals surface area contributed by atoms with Gasteiger partial charge < -0.3 is 5.32 Å². The maximum absolute atomic E-state index is 3.56. The molecule has 0 fully saturated rings. The van der Waals surface area contributed by atoms with Gasteiger partial charge in [0.05, 0.1) is 0 Å². The predicted molar refractivity (Wildman–Crippen MR) is 65.2 cm³/mol. The largest absolute Gasteiger partial charge is 0.316 e. The van der Waals surface area contributed by atoms with E-state index in [0.717, 1.165) is 24.9 Å². The van der Waals surface area contributed by atoms with Crippen LogP contribution in [0.1, 0.15) is 37.3 Å². The van der Waals surface area contributed by atoms with Crippen LogP contribution in [0.25, 0.3) is 0 Å². The lowest BCUT2D eigenvalue weighted by Crippen LogP contribution is -2.30. The molecule has 1 atom stereocenters. The minimum Gasteiger partial charge on any atom is -0.316 e. The SMILES string of the molecule is CC(C)CCNCC1Cc2ccccc21. The lowest BCUT2D eigenvalue weighted by atomic mass is 9.77. The molecular weight excluding hydrogens is 182 g/mol. The van der Waals surface area contributed by atoms with Crippen molar-refractivity contribution in [2.45, 2.75) is 32.6 Å². The molecule has 1 heteroatoms. The molecular formula is C14H21N. The summed E-state index contributed by atoms with van der Waals surface area (Å²) in [5.41, 5.74) is 3.11. The van der Waals surface area contributed by atoms with E-state index < -0.39 is 0 Å². The highest BCUT2D eigenvalue weighted by molar-refractivity contribution is 5.40. The minimum absolute atomic E-state index is 0.772. The van der Waals surface area contributed by atoms with Crippen molar-refractivity contribution in [1.29, 1.82) is 0 Å². The summed E-state index contributed by atoms with van der Waals surface area (Å²) in [6.07, 6.45) is 2.55. The van der Waals surface area contributed by atoms with Gasteiger partial charge in [0.15, 0.2) is 0 Å². The molecule has 0 saturated heterocycles. The fourth-order valence-electron chi connectivity index (χ4n) is 2.21. The van der Waals surface area contributed by atoms with Crippen LogP contribution in [0.3, 0.4) is 0 Å². The highest BCUT2D eigenvalue weighted by Gasteiger charge is 2.24. The third-order valence-electron chi connectivity index (χ3n) is 3.25. The van der Waals surface area contributed by atoms with E-state index >= 15 is 0 Å². The van der Waals surface area contributed by atoms with Gasteiger partial charge in [-0.25, -0.2) is 0 Å². The first-order valence-corrected chi connectivity index (χ1v) is 6.06. The van der Waals surface area contributed by atoms with Crippen LogP contribution in [0.2, 0.25) is 0 Å². The molecule has 1 nitrogen and oxygen atoms in total. The van der Waals surface area contributed by atoms with E-state index in [4.69, 9.17) is 0 Å². The zero-order valence-electron chi connectivity index (χ0n) is 9.79. The van der Waals surface area contributed by atoms with Gasteiger partial charge in [0.1, 0.15) is 0 Å². The molecule has 1 aromatic carbocycles. The third kappa shape index (κ3) is 2.60. The van der Waals surface area contributed by atoms with Gasteiger partial charge in [-0.3, -0.25) is 0 Å². The number of hydrogen-bond acceptors (Lipinski definition) is 1. The second-order valence-electron chi connectivity index (χ2n) is 4.99. The molecule has 1 N–H and O–H groups in total. The van der Waals surface area contributed by atoms with Gasteiger partial charge in [0.25, 0.3) is 0 Å². The summed E-state index contributed by atoms with van der Waals surface area (Å²) in [6, 6.07) is 8.81. The summed E-state index contributed by atoms with van der Waals surface area (Å²) in [4.78, 5) is 0. The zero-order valence-corrected chi connectivity index (χ0v) is 9.79. The monoisotopic (exact) mass is 203 g/mol. The van der Waals surface area contributed by atoms with Crippen LogP contribution in [0.15, 0.2) is 24.3 Å². The molecule has 0 bridgehead atoms. The average molecular weight is 203 g/mol. The first kappa shape index (κ1) is 10.7. The molecule has 15 heavy (non-hydrogen) atoms. The number of nitrogens with one attached hydrogen (secondary N) is 1. The van der Waals surface area contributed by atoms with E-state index in [0.29, 0.717) is 0 Å². The minimum atomic E-state index is 0.772. The Morgan fingerprint density at radius 3 is 2.87 bits per heavy atom. The molecule has 0 radical (unpaired) electrons. The quantitative estimate of drug-likeness (QED) is 0.725. The third-order valence-corrected chi connectivity index (χ3v) is 3.25. The van der Waals surface area contributed by atoms with Crippen LogP contribution in [0, 0.1) is 5.92 Å². The van der Waals surface area contributed by atoms with Crippen LogP contribution in [0.4, 0.5) is 0 Å². The van der Waals surface area contributed by atoms with Crippen molar-refractivity contribution in [3.63, 3.8) is 0 Å². The highest BCUT2D eigenvalue weighted by Crippen LogP contribution is 2.33. The molecule has 1 aliphatic carbocycles. The van der Waals surface area contributed by atoms with Gasteiger partial charge in [-0.05, 0) is 36.4 Å². The predicted octanol–water partition coefficient (Wildman–Crippen LogP) is 2.96. The Labute approximate surface area is 92.9 Å². The first-order valence-electron chi connectivity index (χ1n) is 6.06. The maximum atomic E-state index is 3.56. The summed E-state index contributed by atoms with van der Waals surface area (Å²) in [6.45, 7) is 6.88. The van der Waals surface area contributed by atoms with Gasteiger partial charge in [-0.15, -0.1) is 0 Å². The van der Waals surface area contributed by atoms with Gasteiger partial charge >= 0.3 is 0 Å². The van der Waals surface area contributed by atoms with E-state index in [2.05, 4.69) is 43.4 Å². The molecule has 1 aliphatic rings. The molecule has 82 valence electrons. The summed E-state index contributed by atoms with van der Waals surface area (Å²) in [5, 5.41) is 3.56. The van der Waals surface area contributed by atoms with Crippen molar-refractivity contribution in [3.8, 4) is 0 Å². The Morgan fingerprint density at radius 2 is 2.13 bits per heavy atom. The Balaban J connectivity index is 1.71. The summed E-state index contributed by atoms with van der Waals surface area (Å²) < 4.78 is 0.